The summed E-state index contributed by atoms with van der Waals surface area (Å²) in [7, 11) is 0. The highest BCUT2D eigenvalue weighted by Gasteiger charge is 2.30. The molecule has 0 saturated carbocycles. The van der Waals surface area contributed by atoms with Crippen LogP contribution in [0.1, 0.15) is 43.4 Å². The van der Waals surface area contributed by atoms with Gasteiger partial charge in [0.1, 0.15) is 5.82 Å². The lowest BCUT2D eigenvalue weighted by molar-refractivity contribution is -0.145. The van der Waals surface area contributed by atoms with E-state index in [1.807, 2.05) is 6.92 Å². The number of amides is 2. The van der Waals surface area contributed by atoms with Crippen molar-refractivity contribution in [3.05, 3.63) is 35.1 Å². The van der Waals surface area contributed by atoms with Crippen LogP contribution in [0, 0.1) is 5.82 Å². The fourth-order valence-corrected chi connectivity index (χ4v) is 3.25. The van der Waals surface area contributed by atoms with Gasteiger partial charge in [-0.25, -0.2) is 9.18 Å². The highest BCUT2D eigenvalue weighted by molar-refractivity contribution is 5.74. The van der Waals surface area contributed by atoms with Gasteiger partial charge in [-0.15, -0.1) is 0 Å². The van der Waals surface area contributed by atoms with Crippen molar-refractivity contribution >= 4 is 6.03 Å². The molecular formula is C17H23FN2O3. The summed E-state index contributed by atoms with van der Waals surface area (Å²) in [6, 6.07) is 4.52. The van der Waals surface area contributed by atoms with Crippen LogP contribution in [0.4, 0.5) is 9.18 Å². The first-order chi connectivity index (χ1) is 11.1. The molecule has 1 atom stereocenters. The minimum atomic E-state index is -0.595. The number of hydrogen-bond donors (Lipinski definition) is 2. The topological polar surface area (TPSA) is 59.6 Å². The Morgan fingerprint density at radius 2 is 2.17 bits per heavy atom. The molecule has 1 aliphatic carbocycles. The van der Waals surface area contributed by atoms with Gasteiger partial charge in [-0.3, -0.25) is 0 Å². The zero-order valence-corrected chi connectivity index (χ0v) is 13.4. The molecule has 0 aromatic heterocycles. The molecule has 1 heterocycles. The molecule has 0 unspecified atom stereocenters. The predicted molar refractivity (Wildman–Crippen MR) is 83.5 cm³/mol. The standard InChI is InChI=1S/C17H23FN2O3/c1-17(22-9-10-23-17)7-8-19-16(21)20-15-4-2-3-12-11-13(18)5-6-14(12)15/h5-6,11,15H,2-4,7-10H2,1H3,(H2,19,20,21)/t15-/m1/s1. The number of urea groups is 1. The van der Waals surface area contributed by atoms with Crippen molar-refractivity contribution < 1.29 is 18.7 Å². The van der Waals surface area contributed by atoms with Gasteiger partial charge in [0.2, 0.25) is 0 Å². The second-order valence-electron chi connectivity index (χ2n) is 6.27. The molecule has 1 aliphatic heterocycles. The van der Waals surface area contributed by atoms with E-state index in [9.17, 15) is 9.18 Å². The van der Waals surface area contributed by atoms with Gasteiger partial charge in [0, 0.05) is 13.0 Å². The normalized spacial score (nSPS) is 22.4. The van der Waals surface area contributed by atoms with E-state index in [1.54, 1.807) is 12.1 Å². The van der Waals surface area contributed by atoms with Crippen LogP contribution in [0.3, 0.4) is 0 Å². The summed E-state index contributed by atoms with van der Waals surface area (Å²) < 4.78 is 24.3. The van der Waals surface area contributed by atoms with Crippen molar-refractivity contribution in [2.75, 3.05) is 19.8 Å². The minimum Gasteiger partial charge on any atom is -0.348 e. The van der Waals surface area contributed by atoms with Crippen molar-refractivity contribution in [2.45, 2.75) is 44.4 Å². The average molecular weight is 322 g/mol. The molecule has 0 bridgehead atoms. The van der Waals surface area contributed by atoms with Gasteiger partial charge in [0.05, 0.1) is 19.3 Å². The monoisotopic (exact) mass is 322 g/mol. The predicted octanol–water partition coefficient (Wildman–Crippen LogP) is 2.66. The number of carbonyl (C=O) groups is 1. The van der Waals surface area contributed by atoms with E-state index in [0.717, 1.165) is 30.4 Å². The largest absolute Gasteiger partial charge is 0.348 e. The molecule has 1 fully saturated rings. The Balaban J connectivity index is 1.51. The van der Waals surface area contributed by atoms with Crippen LogP contribution in [-0.2, 0) is 15.9 Å². The van der Waals surface area contributed by atoms with E-state index in [1.165, 1.54) is 6.07 Å². The SMILES string of the molecule is CC1(CCNC(=O)N[C@@H]2CCCc3cc(F)ccc32)OCCO1. The van der Waals surface area contributed by atoms with Gasteiger partial charge < -0.3 is 20.1 Å². The summed E-state index contributed by atoms with van der Waals surface area (Å²) in [5, 5.41) is 5.82. The molecule has 0 radical (unpaired) electrons. The van der Waals surface area contributed by atoms with Crippen molar-refractivity contribution in [1.29, 1.82) is 0 Å². The first-order valence-electron chi connectivity index (χ1n) is 8.16. The second kappa shape index (κ2) is 6.84. The Morgan fingerprint density at radius 3 is 2.96 bits per heavy atom. The maximum Gasteiger partial charge on any atom is 0.315 e. The molecule has 1 aromatic rings. The molecule has 2 aliphatic rings. The molecular weight excluding hydrogens is 299 g/mol. The highest BCUT2D eigenvalue weighted by Crippen LogP contribution is 2.30. The van der Waals surface area contributed by atoms with Crippen LogP contribution in [-0.4, -0.2) is 31.6 Å². The lowest BCUT2D eigenvalue weighted by atomic mass is 9.88. The minimum absolute atomic E-state index is 0.0612. The van der Waals surface area contributed by atoms with E-state index in [-0.39, 0.29) is 17.9 Å². The molecule has 1 aromatic carbocycles. The summed E-state index contributed by atoms with van der Waals surface area (Å²) in [4.78, 5) is 12.1. The highest BCUT2D eigenvalue weighted by atomic mass is 19.1. The number of halogens is 1. The fourth-order valence-electron chi connectivity index (χ4n) is 3.25. The maximum absolute atomic E-state index is 13.3. The maximum atomic E-state index is 13.3. The first kappa shape index (κ1) is 16.2. The third-order valence-corrected chi connectivity index (χ3v) is 4.49. The van der Waals surface area contributed by atoms with Crippen LogP contribution >= 0.6 is 0 Å². The summed E-state index contributed by atoms with van der Waals surface area (Å²) in [5.74, 6) is -0.818. The number of rotatable bonds is 4. The van der Waals surface area contributed by atoms with Crippen LogP contribution in [0.2, 0.25) is 0 Å². The first-order valence-corrected chi connectivity index (χ1v) is 8.16. The third kappa shape index (κ3) is 4.00. The number of ether oxygens (including phenoxy) is 2. The number of fused-ring (bicyclic) bond motifs is 1. The summed E-state index contributed by atoms with van der Waals surface area (Å²) in [6.07, 6.45) is 3.28. The van der Waals surface area contributed by atoms with Gasteiger partial charge in [0.15, 0.2) is 5.79 Å². The Labute approximate surface area is 135 Å². The van der Waals surface area contributed by atoms with Crippen LogP contribution in [0.15, 0.2) is 18.2 Å². The smallest absolute Gasteiger partial charge is 0.315 e. The van der Waals surface area contributed by atoms with E-state index in [0.29, 0.717) is 26.2 Å². The number of carbonyl (C=O) groups excluding carboxylic acids is 1. The van der Waals surface area contributed by atoms with Gasteiger partial charge in [-0.1, -0.05) is 6.07 Å². The van der Waals surface area contributed by atoms with E-state index in [4.69, 9.17) is 9.47 Å². The summed E-state index contributed by atoms with van der Waals surface area (Å²) in [6.45, 7) is 3.55. The number of aryl methyl sites for hydroxylation is 1. The van der Waals surface area contributed by atoms with Crippen molar-refractivity contribution in [3.8, 4) is 0 Å². The third-order valence-electron chi connectivity index (χ3n) is 4.49. The summed E-state index contributed by atoms with van der Waals surface area (Å²) >= 11 is 0. The quantitative estimate of drug-likeness (QED) is 0.896. The Morgan fingerprint density at radius 1 is 1.39 bits per heavy atom. The molecule has 6 heteroatoms. The van der Waals surface area contributed by atoms with Crippen LogP contribution in [0.25, 0.3) is 0 Å². The van der Waals surface area contributed by atoms with Crippen molar-refractivity contribution in [2.24, 2.45) is 0 Å². The molecule has 23 heavy (non-hydrogen) atoms. The van der Waals surface area contributed by atoms with Crippen LogP contribution < -0.4 is 10.6 Å². The Kier molecular flexibility index (Phi) is 4.82. The van der Waals surface area contributed by atoms with E-state index >= 15 is 0 Å². The molecule has 1 saturated heterocycles. The van der Waals surface area contributed by atoms with Crippen molar-refractivity contribution in [3.63, 3.8) is 0 Å². The molecule has 126 valence electrons. The molecule has 2 amide bonds. The molecule has 5 nitrogen and oxygen atoms in total. The Hall–Kier alpha value is -1.66. The lowest BCUT2D eigenvalue weighted by Gasteiger charge is -2.27. The van der Waals surface area contributed by atoms with Crippen molar-refractivity contribution in [1.82, 2.24) is 10.6 Å². The summed E-state index contributed by atoms with van der Waals surface area (Å²) in [5.41, 5.74) is 2.00. The number of hydrogen-bond acceptors (Lipinski definition) is 3. The number of nitrogens with one attached hydrogen (secondary N) is 2. The lowest BCUT2D eigenvalue weighted by Crippen LogP contribution is -2.41. The van der Waals surface area contributed by atoms with E-state index in [2.05, 4.69) is 10.6 Å². The number of benzene rings is 1. The zero-order valence-electron chi connectivity index (χ0n) is 13.4. The van der Waals surface area contributed by atoms with Gasteiger partial charge in [-0.05, 0) is 49.4 Å². The molecule has 0 spiro atoms. The molecule has 3 rings (SSSR count). The van der Waals surface area contributed by atoms with Gasteiger partial charge in [0.25, 0.3) is 0 Å². The van der Waals surface area contributed by atoms with Crippen LogP contribution in [0.5, 0.6) is 0 Å². The molecule has 2 N–H and O–H groups in total. The van der Waals surface area contributed by atoms with Gasteiger partial charge in [-0.2, -0.15) is 0 Å². The average Bonchev–Trinajstić information content (AvgIpc) is 2.94. The van der Waals surface area contributed by atoms with E-state index < -0.39 is 5.79 Å². The fraction of sp³-hybridized carbons (Fsp3) is 0.588. The van der Waals surface area contributed by atoms with Gasteiger partial charge >= 0.3 is 6.03 Å². The Bertz CT molecular complexity index is 573. The second-order valence-corrected chi connectivity index (χ2v) is 6.27. The zero-order chi connectivity index (χ0) is 16.3.